The van der Waals surface area contributed by atoms with Crippen molar-refractivity contribution in [2.45, 2.75) is 51.9 Å². The first kappa shape index (κ1) is 14.4. The lowest BCUT2D eigenvalue weighted by atomic mass is 10.1. The Morgan fingerprint density at radius 2 is 2.06 bits per heavy atom. The summed E-state index contributed by atoms with van der Waals surface area (Å²) in [6.45, 7) is 12.5. The second-order valence-corrected chi connectivity index (χ2v) is 6.55. The van der Waals surface area contributed by atoms with E-state index in [0.717, 1.165) is 24.0 Å². The Morgan fingerprint density at radius 1 is 1.35 bits per heavy atom. The van der Waals surface area contributed by atoms with Gasteiger partial charge >= 0.3 is 0 Å². The average Bonchev–Trinajstić information content (AvgIpc) is 2.60. The monoisotopic (exact) mass is 257 g/mol. The Morgan fingerprint density at radius 3 is 2.65 bits per heavy atom. The number of tetrazole rings is 1. The third-order valence-corrected chi connectivity index (χ3v) is 3.41. The van der Waals surface area contributed by atoms with Gasteiger partial charge in [0.05, 0.1) is 6.54 Å². The van der Waals surface area contributed by atoms with Crippen molar-refractivity contribution in [3.63, 3.8) is 0 Å². The van der Waals surface area contributed by atoms with E-state index in [1.54, 1.807) is 11.8 Å². The first-order valence-electron chi connectivity index (χ1n) is 6.02. The standard InChI is InChI=1S/C11H23N5S/c1-9(2)8-17-10-13-14-15-16(10)7-6-12-11(3,4)5/h9,12H,6-8H2,1-5H3. The summed E-state index contributed by atoms with van der Waals surface area (Å²) in [6.07, 6.45) is 0. The summed E-state index contributed by atoms with van der Waals surface area (Å²) in [5.74, 6) is 1.70. The highest BCUT2D eigenvalue weighted by molar-refractivity contribution is 7.99. The van der Waals surface area contributed by atoms with Crippen molar-refractivity contribution in [3.8, 4) is 0 Å². The summed E-state index contributed by atoms with van der Waals surface area (Å²) in [6, 6.07) is 0. The fourth-order valence-corrected chi connectivity index (χ4v) is 2.07. The van der Waals surface area contributed by atoms with E-state index < -0.39 is 0 Å². The Labute approximate surface area is 108 Å². The van der Waals surface area contributed by atoms with Gasteiger partial charge in [0.2, 0.25) is 5.16 Å². The van der Waals surface area contributed by atoms with Crippen LogP contribution in [0.2, 0.25) is 0 Å². The van der Waals surface area contributed by atoms with Crippen LogP contribution in [0.1, 0.15) is 34.6 Å². The molecular weight excluding hydrogens is 234 g/mol. The molecule has 17 heavy (non-hydrogen) atoms. The molecule has 0 amide bonds. The van der Waals surface area contributed by atoms with Gasteiger partial charge in [0, 0.05) is 17.8 Å². The molecule has 0 fully saturated rings. The van der Waals surface area contributed by atoms with E-state index in [1.165, 1.54) is 0 Å². The van der Waals surface area contributed by atoms with Crippen molar-refractivity contribution >= 4 is 11.8 Å². The van der Waals surface area contributed by atoms with Crippen LogP contribution in [0.3, 0.4) is 0 Å². The Kier molecular flexibility index (Phi) is 5.39. The lowest BCUT2D eigenvalue weighted by Gasteiger charge is -2.20. The zero-order valence-electron chi connectivity index (χ0n) is 11.4. The number of thioether (sulfide) groups is 1. The topological polar surface area (TPSA) is 55.6 Å². The lowest BCUT2D eigenvalue weighted by Crippen LogP contribution is -2.38. The molecule has 0 saturated heterocycles. The minimum Gasteiger partial charge on any atom is -0.310 e. The van der Waals surface area contributed by atoms with Crippen LogP contribution in [-0.2, 0) is 6.54 Å². The highest BCUT2D eigenvalue weighted by Crippen LogP contribution is 2.16. The van der Waals surface area contributed by atoms with Gasteiger partial charge in [-0.2, -0.15) is 0 Å². The van der Waals surface area contributed by atoms with Gasteiger partial charge in [0.15, 0.2) is 0 Å². The fraction of sp³-hybridized carbons (Fsp3) is 0.909. The lowest BCUT2D eigenvalue weighted by molar-refractivity contribution is 0.396. The molecule has 1 aromatic rings. The molecule has 0 radical (unpaired) electrons. The zero-order chi connectivity index (χ0) is 12.9. The highest BCUT2D eigenvalue weighted by Gasteiger charge is 2.10. The number of nitrogens with one attached hydrogen (secondary N) is 1. The van der Waals surface area contributed by atoms with E-state index in [2.05, 4.69) is 55.5 Å². The maximum atomic E-state index is 4.04. The van der Waals surface area contributed by atoms with Crippen molar-refractivity contribution in [1.82, 2.24) is 25.5 Å². The second kappa shape index (κ2) is 6.35. The molecule has 0 atom stereocenters. The van der Waals surface area contributed by atoms with Crippen molar-refractivity contribution in [3.05, 3.63) is 0 Å². The van der Waals surface area contributed by atoms with Gasteiger partial charge < -0.3 is 5.32 Å². The normalized spacial score (nSPS) is 12.4. The van der Waals surface area contributed by atoms with Crippen molar-refractivity contribution in [1.29, 1.82) is 0 Å². The Hall–Kier alpha value is -0.620. The molecule has 5 nitrogen and oxygen atoms in total. The molecule has 0 aliphatic heterocycles. The smallest absolute Gasteiger partial charge is 0.209 e. The highest BCUT2D eigenvalue weighted by atomic mass is 32.2. The third kappa shape index (κ3) is 6.02. The number of rotatable bonds is 6. The summed E-state index contributed by atoms with van der Waals surface area (Å²) in [4.78, 5) is 0. The Balaban J connectivity index is 2.40. The van der Waals surface area contributed by atoms with Crippen LogP contribution >= 0.6 is 11.8 Å². The van der Waals surface area contributed by atoms with E-state index >= 15 is 0 Å². The predicted molar refractivity (Wildman–Crippen MR) is 71.1 cm³/mol. The first-order chi connectivity index (χ1) is 7.88. The van der Waals surface area contributed by atoms with Crippen LogP contribution in [0.5, 0.6) is 0 Å². The molecule has 1 N–H and O–H groups in total. The molecule has 1 heterocycles. The zero-order valence-corrected chi connectivity index (χ0v) is 12.2. The maximum absolute atomic E-state index is 4.04. The number of aromatic nitrogens is 4. The molecule has 0 aliphatic rings. The van der Waals surface area contributed by atoms with E-state index in [-0.39, 0.29) is 5.54 Å². The SMILES string of the molecule is CC(C)CSc1nnnn1CCNC(C)(C)C. The van der Waals surface area contributed by atoms with E-state index in [4.69, 9.17) is 0 Å². The first-order valence-corrected chi connectivity index (χ1v) is 7.01. The molecular formula is C11H23N5S. The molecule has 0 aromatic carbocycles. The molecule has 98 valence electrons. The van der Waals surface area contributed by atoms with Crippen LogP contribution in [0.25, 0.3) is 0 Å². The minimum absolute atomic E-state index is 0.138. The quantitative estimate of drug-likeness (QED) is 0.788. The maximum Gasteiger partial charge on any atom is 0.209 e. The molecule has 0 unspecified atom stereocenters. The van der Waals surface area contributed by atoms with Gasteiger partial charge in [0.1, 0.15) is 0 Å². The molecule has 6 heteroatoms. The van der Waals surface area contributed by atoms with Gasteiger partial charge in [-0.25, -0.2) is 4.68 Å². The van der Waals surface area contributed by atoms with Gasteiger partial charge in [-0.3, -0.25) is 0 Å². The third-order valence-electron chi connectivity index (χ3n) is 2.02. The van der Waals surface area contributed by atoms with E-state index in [0.29, 0.717) is 5.92 Å². The van der Waals surface area contributed by atoms with Crippen molar-refractivity contribution in [2.75, 3.05) is 12.3 Å². The molecule has 0 spiro atoms. The fourth-order valence-electron chi connectivity index (χ4n) is 1.22. The van der Waals surface area contributed by atoms with Gasteiger partial charge in [-0.15, -0.1) is 5.10 Å². The van der Waals surface area contributed by atoms with Crippen LogP contribution in [-0.4, -0.2) is 38.0 Å². The Bertz CT molecular complexity index is 329. The van der Waals surface area contributed by atoms with Crippen LogP contribution in [0.4, 0.5) is 0 Å². The summed E-state index contributed by atoms with van der Waals surface area (Å²) in [5.41, 5.74) is 0.138. The van der Waals surface area contributed by atoms with E-state index in [1.807, 2.05) is 4.68 Å². The largest absolute Gasteiger partial charge is 0.310 e. The van der Waals surface area contributed by atoms with E-state index in [9.17, 15) is 0 Å². The van der Waals surface area contributed by atoms with Crippen LogP contribution < -0.4 is 5.32 Å². The van der Waals surface area contributed by atoms with Crippen molar-refractivity contribution < 1.29 is 0 Å². The van der Waals surface area contributed by atoms with Crippen LogP contribution in [0, 0.1) is 5.92 Å². The average molecular weight is 257 g/mol. The molecule has 0 saturated carbocycles. The van der Waals surface area contributed by atoms with Gasteiger partial charge in [0.25, 0.3) is 0 Å². The number of hydrogen-bond donors (Lipinski definition) is 1. The molecule has 0 bridgehead atoms. The summed E-state index contributed by atoms with van der Waals surface area (Å²) in [7, 11) is 0. The number of nitrogens with zero attached hydrogens (tertiary/aromatic N) is 4. The predicted octanol–water partition coefficient (Wildman–Crippen LogP) is 1.81. The van der Waals surface area contributed by atoms with Gasteiger partial charge in [-0.1, -0.05) is 25.6 Å². The summed E-state index contributed by atoms with van der Waals surface area (Å²) >= 11 is 1.72. The summed E-state index contributed by atoms with van der Waals surface area (Å²) in [5, 5.41) is 16.1. The van der Waals surface area contributed by atoms with Crippen LogP contribution in [0.15, 0.2) is 5.16 Å². The van der Waals surface area contributed by atoms with Gasteiger partial charge in [-0.05, 0) is 37.1 Å². The summed E-state index contributed by atoms with van der Waals surface area (Å²) < 4.78 is 1.87. The minimum atomic E-state index is 0.138. The molecule has 0 aliphatic carbocycles. The second-order valence-electron chi connectivity index (χ2n) is 5.57. The molecule has 1 rings (SSSR count). The molecule has 1 aromatic heterocycles. The number of hydrogen-bond acceptors (Lipinski definition) is 5. The van der Waals surface area contributed by atoms with Crippen molar-refractivity contribution in [2.24, 2.45) is 5.92 Å².